The van der Waals surface area contributed by atoms with E-state index in [0.717, 1.165) is 11.6 Å². The highest BCUT2D eigenvalue weighted by atomic mass is 35.5. The molecular weight excluding hydrogens is 420 g/mol. The molecule has 3 rings (SSSR count). The van der Waals surface area contributed by atoms with Gasteiger partial charge in [0.2, 0.25) is 5.91 Å². The van der Waals surface area contributed by atoms with Gasteiger partial charge >= 0.3 is 0 Å². The van der Waals surface area contributed by atoms with Crippen LogP contribution in [-0.2, 0) is 11.3 Å². The Hall–Kier alpha value is -2.97. The Kier molecular flexibility index (Phi) is 6.14. The van der Waals surface area contributed by atoms with E-state index in [2.05, 4.69) is 20.9 Å². The molecule has 29 heavy (non-hydrogen) atoms. The fraction of sp³-hybridized carbons (Fsp3) is 0.158. The summed E-state index contributed by atoms with van der Waals surface area (Å²) in [6.07, 6.45) is 0. The number of anilines is 2. The molecule has 10 heteroatoms. The van der Waals surface area contributed by atoms with Crippen LogP contribution in [0.15, 0.2) is 36.4 Å². The van der Waals surface area contributed by atoms with Crippen LogP contribution in [0, 0.1) is 19.7 Å². The van der Waals surface area contributed by atoms with Crippen molar-refractivity contribution in [2.45, 2.75) is 20.4 Å². The third-order valence-electron chi connectivity index (χ3n) is 4.07. The number of aromatic nitrogens is 3. The Balaban J connectivity index is 1.68. The number of nitrogens with one attached hydrogen (secondary N) is 2. The molecule has 2 amide bonds. The van der Waals surface area contributed by atoms with Gasteiger partial charge in [-0.3, -0.25) is 9.59 Å². The number of hydrogen-bond donors (Lipinski definition) is 2. The van der Waals surface area contributed by atoms with Crippen molar-refractivity contribution in [1.29, 1.82) is 0 Å². The van der Waals surface area contributed by atoms with Gasteiger partial charge in [0.15, 0.2) is 5.69 Å². The standard InChI is InChI=1S/C19H16Cl2FN5O2/c1-10-3-6-16(14(21)7-10)24-19(29)18-11(2)27(26-25-18)9-17(28)23-12-4-5-15(22)13(20)8-12/h3-8H,9H2,1-2H3,(H,23,28)(H,24,29). The van der Waals surface area contributed by atoms with Crippen molar-refractivity contribution >= 4 is 46.4 Å². The van der Waals surface area contributed by atoms with Crippen molar-refractivity contribution in [3.8, 4) is 0 Å². The number of benzene rings is 2. The first kappa shape index (κ1) is 20.8. The molecule has 2 aromatic carbocycles. The van der Waals surface area contributed by atoms with E-state index in [1.807, 2.05) is 13.0 Å². The topological polar surface area (TPSA) is 88.9 Å². The maximum absolute atomic E-state index is 13.2. The summed E-state index contributed by atoms with van der Waals surface area (Å²) >= 11 is 11.8. The normalized spacial score (nSPS) is 10.7. The van der Waals surface area contributed by atoms with Crippen LogP contribution in [0.1, 0.15) is 21.7 Å². The molecule has 0 atom stereocenters. The molecule has 1 aromatic heterocycles. The van der Waals surface area contributed by atoms with Crippen molar-refractivity contribution in [1.82, 2.24) is 15.0 Å². The Morgan fingerprint density at radius 3 is 2.52 bits per heavy atom. The lowest BCUT2D eigenvalue weighted by Gasteiger charge is -2.08. The minimum absolute atomic E-state index is 0.0688. The number of amides is 2. The molecule has 0 aliphatic carbocycles. The molecule has 0 aliphatic rings. The quantitative estimate of drug-likeness (QED) is 0.627. The van der Waals surface area contributed by atoms with E-state index >= 15 is 0 Å². The van der Waals surface area contributed by atoms with Crippen LogP contribution in [0.2, 0.25) is 10.0 Å². The van der Waals surface area contributed by atoms with Gasteiger partial charge in [-0.25, -0.2) is 9.07 Å². The van der Waals surface area contributed by atoms with Gasteiger partial charge < -0.3 is 10.6 Å². The fourth-order valence-electron chi connectivity index (χ4n) is 2.53. The summed E-state index contributed by atoms with van der Waals surface area (Å²) in [4.78, 5) is 24.7. The molecule has 0 unspecified atom stereocenters. The van der Waals surface area contributed by atoms with E-state index in [1.165, 1.54) is 16.8 Å². The first-order valence-electron chi connectivity index (χ1n) is 8.47. The van der Waals surface area contributed by atoms with Crippen LogP contribution < -0.4 is 10.6 Å². The van der Waals surface area contributed by atoms with Gasteiger partial charge in [-0.05, 0) is 49.7 Å². The zero-order valence-electron chi connectivity index (χ0n) is 15.5. The SMILES string of the molecule is Cc1ccc(NC(=O)c2nnn(CC(=O)Nc3ccc(F)c(Cl)c3)c2C)c(Cl)c1. The van der Waals surface area contributed by atoms with E-state index in [0.29, 0.717) is 22.1 Å². The predicted molar refractivity (Wildman–Crippen MR) is 109 cm³/mol. The Bertz CT molecular complexity index is 1100. The minimum Gasteiger partial charge on any atom is -0.324 e. The second kappa shape index (κ2) is 8.59. The molecule has 150 valence electrons. The molecule has 0 spiro atoms. The van der Waals surface area contributed by atoms with Crippen LogP contribution >= 0.6 is 23.2 Å². The number of carbonyl (C=O) groups excluding carboxylic acids is 2. The molecule has 0 fully saturated rings. The zero-order valence-corrected chi connectivity index (χ0v) is 17.0. The van der Waals surface area contributed by atoms with E-state index < -0.39 is 17.6 Å². The fourth-order valence-corrected chi connectivity index (χ4v) is 3.00. The van der Waals surface area contributed by atoms with Crippen molar-refractivity contribution in [3.63, 3.8) is 0 Å². The molecule has 0 bridgehead atoms. The minimum atomic E-state index is -0.582. The lowest BCUT2D eigenvalue weighted by atomic mass is 10.2. The predicted octanol–water partition coefficient (Wildman–Crippen LogP) is 4.23. The van der Waals surface area contributed by atoms with Crippen LogP contribution in [-0.4, -0.2) is 26.8 Å². The molecule has 1 heterocycles. The number of hydrogen-bond acceptors (Lipinski definition) is 4. The average Bonchev–Trinajstić information content (AvgIpc) is 3.01. The first-order chi connectivity index (χ1) is 13.7. The number of carbonyl (C=O) groups is 2. The average molecular weight is 436 g/mol. The summed E-state index contributed by atoms with van der Waals surface area (Å²) < 4.78 is 14.5. The van der Waals surface area contributed by atoms with Crippen LogP contribution in [0.5, 0.6) is 0 Å². The van der Waals surface area contributed by atoms with Crippen molar-refractivity contribution in [2.24, 2.45) is 0 Å². The second-order valence-electron chi connectivity index (χ2n) is 6.30. The van der Waals surface area contributed by atoms with Gasteiger partial charge in [0.1, 0.15) is 12.4 Å². The lowest BCUT2D eigenvalue weighted by Crippen LogP contribution is -2.21. The highest BCUT2D eigenvalue weighted by Crippen LogP contribution is 2.23. The van der Waals surface area contributed by atoms with Gasteiger partial charge in [0.25, 0.3) is 5.91 Å². The molecule has 0 saturated carbocycles. The third-order valence-corrected chi connectivity index (χ3v) is 4.67. The summed E-state index contributed by atoms with van der Waals surface area (Å²) in [6, 6.07) is 9.07. The second-order valence-corrected chi connectivity index (χ2v) is 7.11. The largest absolute Gasteiger partial charge is 0.324 e. The van der Waals surface area contributed by atoms with Gasteiger partial charge in [0, 0.05) is 5.69 Å². The van der Waals surface area contributed by atoms with E-state index in [9.17, 15) is 14.0 Å². The molecule has 7 nitrogen and oxygen atoms in total. The highest BCUT2D eigenvalue weighted by Gasteiger charge is 2.19. The van der Waals surface area contributed by atoms with Gasteiger partial charge in [-0.15, -0.1) is 5.10 Å². The van der Waals surface area contributed by atoms with Crippen LogP contribution in [0.3, 0.4) is 0 Å². The molecule has 0 aliphatic heterocycles. The van der Waals surface area contributed by atoms with Crippen LogP contribution in [0.25, 0.3) is 0 Å². The summed E-state index contributed by atoms with van der Waals surface area (Å²) in [5.74, 6) is -1.51. The maximum Gasteiger partial charge on any atom is 0.278 e. The monoisotopic (exact) mass is 435 g/mol. The van der Waals surface area contributed by atoms with Crippen molar-refractivity contribution < 1.29 is 14.0 Å². The summed E-state index contributed by atoms with van der Waals surface area (Å²) in [6.45, 7) is 3.32. The number of aryl methyl sites for hydroxylation is 1. The molecule has 0 saturated heterocycles. The number of nitrogens with zero attached hydrogens (tertiary/aromatic N) is 3. The van der Waals surface area contributed by atoms with Gasteiger partial charge in [-0.1, -0.05) is 34.5 Å². The zero-order chi connectivity index (χ0) is 21.1. The molecule has 0 radical (unpaired) electrons. The van der Waals surface area contributed by atoms with Crippen LogP contribution in [0.4, 0.5) is 15.8 Å². The van der Waals surface area contributed by atoms with Gasteiger partial charge in [-0.2, -0.15) is 0 Å². The Morgan fingerprint density at radius 1 is 1.07 bits per heavy atom. The summed E-state index contributed by atoms with van der Waals surface area (Å²) in [5.41, 5.74) is 2.22. The molecular formula is C19H16Cl2FN5O2. The summed E-state index contributed by atoms with van der Waals surface area (Å²) in [7, 11) is 0. The van der Waals surface area contributed by atoms with Crippen molar-refractivity contribution in [3.05, 3.63) is 69.2 Å². The van der Waals surface area contributed by atoms with E-state index in [1.54, 1.807) is 19.1 Å². The van der Waals surface area contributed by atoms with E-state index in [4.69, 9.17) is 23.2 Å². The Morgan fingerprint density at radius 2 is 1.83 bits per heavy atom. The molecule has 2 N–H and O–H groups in total. The van der Waals surface area contributed by atoms with E-state index in [-0.39, 0.29) is 17.3 Å². The summed E-state index contributed by atoms with van der Waals surface area (Å²) in [5, 5.41) is 13.3. The smallest absolute Gasteiger partial charge is 0.278 e. The highest BCUT2D eigenvalue weighted by molar-refractivity contribution is 6.34. The number of rotatable bonds is 5. The third kappa shape index (κ3) is 4.90. The lowest BCUT2D eigenvalue weighted by molar-refractivity contribution is -0.117. The van der Waals surface area contributed by atoms with Crippen molar-refractivity contribution in [2.75, 3.05) is 10.6 Å². The number of halogens is 3. The van der Waals surface area contributed by atoms with Gasteiger partial charge in [0.05, 0.1) is 21.4 Å². The first-order valence-corrected chi connectivity index (χ1v) is 9.22. The Labute approximate surface area is 175 Å². The maximum atomic E-state index is 13.2. The molecule has 3 aromatic rings.